The molecule has 1 heterocycles. The van der Waals surface area contributed by atoms with Gasteiger partial charge in [-0.1, -0.05) is 0 Å². The van der Waals surface area contributed by atoms with Crippen LogP contribution in [0.1, 0.15) is 30.1 Å². The molecule has 0 radical (unpaired) electrons. The van der Waals surface area contributed by atoms with Crippen LogP contribution in [-0.4, -0.2) is 35.1 Å². The second-order valence-electron chi connectivity index (χ2n) is 4.62. The van der Waals surface area contributed by atoms with E-state index in [4.69, 9.17) is 10.5 Å². The summed E-state index contributed by atoms with van der Waals surface area (Å²) in [5.41, 5.74) is 6.77. The van der Waals surface area contributed by atoms with Crippen molar-refractivity contribution in [1.29, 1.82) is 0 Å². The van der Waals surface area contributed by atoms with E-state index in [1.54, 1.807) is 19.2 Å². The second-order valence-corrected chi connectivity index (χ2v) is 5.89. The van der Waals surface area contributed by atoms with Crippen molar-refractivity contribution in [3.05, 3.63) is 17.8 Å². The number of nitrogens with one attached hydrogen (secondary N) is 1. The minimum atomic E-state index is -0.368. The molecule has 0 spiro atoms. The first-order chi connectivity index (χ1) is 9.10. The van der Waals surface area contributed by atoms with Gasteiger partial charge in [0.05, 0.1) is 24.1 Å². The zero-order chi connectivity index (χ0) is 13.9. The van der Waals surface area contributed by atoms with Crippen molar-refractivity contribution in [2.45, 2.75) is 24.5 Å². The number of nitrogens with zero attached hydrogens (tertiary/aromatic N) is 1. The van der Waals surface area contributed by atoms with Gasteiger partial charge in [-0.05, 0) is 32.1 Å². The van der Waals surface area contributed by atoms with Crippen LogP contribution in [0.5, 0.6) is 0 Å². The molecule has 5 nitrogen and oxygen atoms in total. The van der Waals surface area contributed by atoms with Crippen LogP contribution in [0.25, 0.3) is 0 Å². The molecule has 2 rings (SSSR count). The van der Waals surface area contributed by atoms with Gasteiger partial charge in [-0.2, -0.15) is 11.8 Å². The molecule has 0 bridgehead atoms. The lowest BCUT2D eigenvalue weighted by Crippen LogP contribution is -2.20. The Balaban J connectivity index is 2.12. The first kappa shape index (κ1) is 14.0. The van der Waals surface area contributed by atoms with E-state index in [1.807, 2.05) is 11.8 Å². The van der Waals surface area contributed by atoms with Crippen LogP contribution in [0.15, 0.2) is 12.3 Å². The molecule has 0 unspecified atom stereocenters. The Morgan fingerprint density at radius 1 is 1.63 bits per heavy atom. The Kier molecular flexibility index (Phi) is 4.19. The van der Waals surface area contributed by atoms with E-state index < -0.39 is 0 Å². The first-order valence-corrected chi connectivity index (χ1v) is 7.54. The van der Waals surface area contributed by atoms with E-state index >= 15 is 0 Å². The van der Waals surface area contributed by atoms with E-state index in [1.165, 1.54) is 12.8 Å². The number of aromatic nitrogens is 1. The van der Waals surface area contributed by atoms with Gasteiger partial charge in [0.1, 0.15) is 5.82 Å². The van der Waals surface area contributed by atoms with Crippen molar-refractivity contribution < 1.29 is 9.53 Å². The lowest BCUT2D eigenvalue weighted by molar-refractivity contribution is 0.0527. The number of carbonyl (C=O) groups excluding carboxylic acids is 1. The fourth-order valence-corrected chi connectivity index (χ4v) is 2.57. The highest BCUT2D eigenvalue weighted by Crippen LogP contribution is 2.47. The van der Waals surface area contributed by atoms with Crippen LogP contribution < -0.4 is 11.1 Å². The average molecular weight is 281 g/mol. The molecule has 1 saturated carbocycles. The molecule has 0 atom stereocenters. The Bertz CT molecular complexity index is 475. The summed E-state index contributed by atoms with van der Waals surface area (Å²) >= 11 is 1.86. The summed E-state index contributed by atoms with van der Waals surface area (Å²) in [6, 6.07) is 1.55. The van der Waals surface area contributed by atoms with E-state index in [0.29, 0.717) is 28.4 Å². The largest absolute Gasteiger partial charge is 0.462 e. The summed E-state index contributed by atoms with van der Waals surface area (Å²) in [4.78, 5) is 15.9. The van der Waals surface area contributed by atoms with Gasteiger partial charge in [0.15, 0.2) is 0 Å². The zero-order valence-corrected chi connectivity index (χ0v) is 12.0. The van der Waals surface area contributed by atoms with Crippen molar-refractivity contribution in [3.63, 3.8) is 0 Å². The number of nitrogens with two attached hydrogens (primary N) is 1. The molecule has 104 valence electrons. The monoisotopic (exact) mass is 281 g/mol. The minimum absolute atomic E-state index is 0.313. The molecule has 1 fully saturated rings. The molecule has 0 saturated heterocycles. The Morgan fingerprint density at radius 2 is 2.37 bits per heavy atom. The molecular weight excluding hydrogens is 262 g/mol. The third kappa shape index (κ3) is 3.32. The number of nitrogen functional groups attached to an aromatic ring is 1. The normalized spacial score (nSPS) is 15.9. The quantitative estimate of drug-likeness (QED) is 0.778. The molecule has 6 heteroatoms. The number of rotatable bonds is 6. The molecule has 1 aromatic rings. The number of carbonyl (C=O) groups is 1. The topological polar surface area (TPSA) is 77.2 Å². The fraction of sp³-hybridized carbons (Fsp3) is 0.538. The smallest absolute Gasteiger partial charge is 0.340 e. The Morgan fingerprint density at radius 3 is 2.95 bits per heavy atom. The number of hydrogen-bond donors (Lipinski definition) is 2. The van der Waals surface area contributed by atoms with Crippen molar-refractivity contribution in [1.82, 2.24) is 4.98 Å². The fourth-order valence-electron chi connectivity index (χ4n) is 1.84. The number of thioether (sulfide) groups is 1. The standard InChI is InChI=1S/C13H19N3O2S/c1-3-18-12(17)9-6-11(14)15-7-10(9)16-8-13(19-2)4-5-13/h6-7,16H,3-5,8H2,1-2H3,(H2,14,15). The van der Waals surface area contributed by atoms with Crippen molar-refractivity contribution in [2.75, 3.05) is 30.5 Å². The van der Waals surface area contributed by atoms with Gasteiger partial charge in [-0.3, -0.25) is 0 Å². The SMILES string of the molecule is CCOC(=O)c1cc(N)ncc1NCC1(SC)CC1. The summed E-state index contributed by atoms with van der Waals surface area (Å²) in [6.45, 7) is 2.95. The highest BCUT2D eigenvalue weighted by molar-refractivity contribution is 8.00. The van der Waals surface area contributed by atoms with Crippen LogP contribution in [-0.2, 0) is 4.74 Å². The summed E-state index contributed by atoms with van der Waals surface area (Å²) in [7, 11) is 0. The van der Waals surface area contributed by atoms with Crippen molar-refractivity contribution >= 4 is 29.2 Å². The number of esters is 1. The lowest BCUT2D eigenvalue weighted by atomic mass is 10.2. The molecule has 1 aromatic heterocycles. The minimum Gasteiger partial charge on any atom is -0.462 e. The predicted octanol–water partition coefficient (Wildman–Crippen LogP) is 2.15. The molecular formula is C13H19N3O2S. The highest BCUT2D eigenvalue weighted by Gasteiger charge is 2.41. The van der Waals surface area contributed by atoms with Crippen LogP contribution in [0, 0.1) is 0 Å². The maximum absolute atomic E-state index is 11.9. The van der Waals surface area contributed by atoms with E-state index in [9.17, 15) is 4.79 Å². The van der Waals surface area contributed by atoms with E-state index in [2.05, 4.69) is 16.6 Å². The number of ether oxygens (including phenoxy) is 1. The van der Waals surface area contributed by atoms with Gasteiger partial charge in [0.2, 0.25) is 0 Å². The van der Waals surface area contributed by atoms with Gasteiger partial charge in [-0.15, -0.1) is 0 Å². The Labute approximate surface area is 117 Å². The van der Waals surface area contributed by atoms with Gasteiger partial charge in [-0.25, -0.2) is 9.78 Å². The van der Waals surface area contributed by atoms with Gasteiger partial charge < -0.3 is 15.8 Å². The lowest BCUT2D eigenvalue weighted by Gasteiger charge is -2.16. The summed E-state index contributed by atoms with van der Waals surface area (Å²) < 4.78 is 5.34. The molecule has 3 N–H and O–H groups in total. The maximum Gasteiger partial charge on any atom is 0.340 e. The van der Waals surface area contributed by atoms with E-state index in [-0.39, 0.29) is 5.97 Å². The van der Waals surface area contributed by atoms with Crippen molar-refractivity contribution in [2.24, 2.45) is 0 Å². The van der Waals surface area contributed by atoms with Gasteiger partial charge >= 0.3 is 5.97 Å². The van der Waals surface area contributed by atoms with Crippen LogP contribution in [0.2, 0.25) is 0 Å². The maximum atomic E-state index is 11.9. The Hall–Kier alpha value is -1.43. The predicted molar refractivity (Wildman–Crippen MR) is 78.6 cm³/mol. The van der Waals surface area contributed by atoms with E-state index in [0.717, 1.165) is 6.54 Å². The van der Waals surface area contributed by atoms with Crippen LogP contribution >= 0.6 is 11.8 Å². The van der Waals surface area contributed by atoms with Crippen LogP contribution in [0.4, 0.5) is 11.5 Å². The second kappa shape index (κ2) is 5.69. The van der Waals surface area contributed by atoms with Crippen LogP contribution in [0.3, 0.4) is 0 Å². The number of anilines is 2. The van der Waals surface area contributed by atoms with Gasteiger partial charge in [0.25, 0.3) is 0 Å². The summed E-state index contributed by atoms with van der Waals surface area (Å²) in [5, 5.41) is 3.29. The molecule has 19 heavy (non-hydrogen) atoms. The summed E-state index contributed by atoms with van der Waals surface area (Å²) in [6.07, 6.45) is 6.12. The number of hydrogen-bond acceptors (Lipinski definition) is 6. The first-order valence-electron chi connectivity index (χ1n) is 6.32. The highest BCUT2D eigenvalue weighted by atomic mass is 32.2. The molecule has 0 aliphatic heterocycles. The molecule has 1 aliphatic rings. The molecule has 1 aliphatic carbocycles. The summed E-state index contributed by atoms with van der Waals surface area (Å²) in [5.74, 6) is -0.0484. The zero-order valence-electron chi connectivity index (χ0n) is 11.2. The van der Waals surface area contributed by atoms with Crippen molar-refractivity contribution in [3.8, 4) is 0 Å². The third-order valence-corrected chi connectivity index (χ3v) is 4.68. The average Bonchev–Trinajstić information content (AvgIpc) is 3.18. The molecule has 0 aromatic carbocycles. The third-order valence-electron chi connectivity index (χ3n) is 3.26. The molecule has 0 amide bonds. The number of pyridine rings is 1. The van der Waals surface area contributed by atoms with Gasteiger partial charge in [0, 0.05) is 11.3 Å².